The summed E-state index contributed by atoms with van der Waals surface area (Å²) in [5.74, 6) is -0.568. The van der Waals surface area contributed by atoms with E-state index in [0.717, 1.165) is 42.0 Å². The lowest BCUT2D eigenvalue weighted by molar-refractivity contribution is -0.172. The Morgan fingerprint density at radius 2 is 1.85 bits per heavy atom. The molecule has 0 fully saturated rings. The molecule has 1 amide bonds. The van der Waals surface area contributed by atoms with E-state index < -0.39 is 54.6 Å². The lowest BCUT2D eigenvalue weighted by Gasteiger charge is -2.36. The highest BCUT2D eigenvalue weighted by atomic mass is 35.5. The van der Waals surface area contributed by atoms with Gasteiger partial charge in [-0.3, -0.25) is 14.3 Å². The molecule has 3 heterocycles. The number of carbonyl (C=O) groups excluding carboxylic acids is 2. The van der Waals surface area contributed by atoms with Crippen molar-refractivity contribution in [2.45, 2.75) is 36.2 Å². The second-order valence-electron chi connectivity index (χ2n) is 8.88. The van der Waals surface area contributed by atoms with Gasteiger partial charge in [-0.2, -0.15) is 13.2 Å². The highest BCUT2D eigenvalue weighted by molar-refractivity contribution is 7.98. The molecule has 9 nitrogen and oxygen atoms in total. The third kappa shape index (κ3) is 7.09. The number of fused-ring (bicyclic) bond motifs is 3. The van der Waals surface area contributed by atoms with E-state index in [2.05, 4.69) is 51.3 Å². The average molecular weight is 612 g/mol. The molecule has 41 heavy (non-hydrogen) atoms. The van der Waals surface area contributed by atoms with E-state index in [9.17, 15) is 27.6 Å². The molecule has 3 aromatic rings. The molecule has 1 aromatic heterocycles. The second-order valence-corrected chi connectivity index (χ2v) is 10.3. The van der Waals surface area contributed by atoms with Gasteiger partial charge in [0.1, 0.15) is 12.7 Å². The van der Waals surface area contributed by atoms with E-state index in [1.54, 1.807) is 0 Å². The molecule has 1 atom stereocenters. The van der Waals surface area contributed by atoms with Gasteiger partial charge in [0, 0.05) is 27.9 Å². The van der Waals surface area contributed by atoms with Crippen molar-refractivity contribution in [1.82, 2.24) is 9.58 Å². The molecule has 0 unspecified atom stereocenters. The minimum atomic E-state index is -4.65. The first-order valence-electron chi connectivity index (χ1n) is 12.2. The normalized spacial score (nSPS) is 14.6. The molecule has 0 aliphatic carbocycles. The number of carbonyl (C=O) groups is 2. The fourth-order valence-electron chi connectivity index (χ4n) is 4.08. The molecule has 5 rings (SSSR count). The zero-order valence-corrected chi connectivity index (χ0v) is 23.4. The Kier molecular flexibility index (Phi) is 9.38. The number of halogens is 4. The number of pyridine rings is 1. The Hall–Kier alpha value is -3.84. The summed E-state index contributed by atoms with van der Waals surface area (Å²) in [4.78, 5) is 37.1. The van der Waals surface area contributed by atoms with Gasteiger partial charge in [-0.15, -0.1) is 11.8 Å². The number of rotatable bonds is 4. The van der Waals surface area contributed by atoms with Crippen LogP contribution in [0, 0.1) is 0 Å². The number of nitrogens with zero attached hydrogens (tertiary/aromatic N) is 2. The second kappa shape index (κ2) is 12.8. The summed E-state index contributed by atoms with van der Waals surface area (Å²) in [6.07, 6.45) is -3.54. The van der Waals surface area contributed by atoms with Crippen molar-refractivity contribution in [2.75, 3.05) is 26.0 Å². The summed E-state index contributed by atoms with van der Waals surface area (Å²) >= 11 is 7.91. The maximum absolute atomic E-state index is 12.9. The molecule has 1 N–H and O–H groups in total. The first-order chi connectivity index (χ1) is 19.5. The molecule has 0 bridgehead atoms. The molecule has 0 saturated carbocycles. The van der Waals surface area contributed by atoms with E-state index in [1.165, 1.54) is 27.8 Å². The molecule has 2 aliphatic heterocycles. The number of ether oxygens (including phenoxy) is 3. The van der Waals surface area contributed by atoms with Crippen LogP contribution in [0.25, 0.3) is 0 Å². The van der Waals surface area contributed by atoms with Gasteiger partial charge in [-0.05, 0) is 42.2 Å². The van der Waals surface area contributed by atoms with Crippen molar-refractivity contribution in [3.8, 4) is 5.75 Å². The first kappa shape index (κ1) is 30.1. The third-order valence-electron chi connectivity index (χ3n) is 6.33. The Morgan fingerprint density at radius 1 is 1.12 bits per heavy atom. The summed E-state index contributed by atoms with van der Waals surface area (Å²) < 4.78 is 53.4. The average Bonchev–Trinajstić information content (AvgIpc) is 3.13. The standard InChI is InChI=1S/C14H11ClS.C13H14F3N3O6/c15-13-6-5-11-7-10-3-1-2-4-12(10)9-16-14(11)8-13;1-7(13(14,15)16)18-5-17-19-4-3-8(20)10(9(19)11(18)21)24-6-25-12(22)23-2/h1-6,8H,7,9H2;3-4,7,17H,5-6H2,1-2H3/t;7-/m.1/s1. The van der Waals surface area contributed by atoms with Gasteiger partial charge in [0.25, 0.3) is 5.91 Å². The smallest absolute Gasteiger partial charge is 0.451 e. The summed E-state index contributed by atoms with van der Waals surface area (Å²) in [6.45, 7) is -0.369. The SMILES string of the molecule is COC(=O)OCOc1c2n(ccc1=O)NCN([C@H](C)C(F)(F)F)C2=O.Clc1ccc2c(c1)SCc1ccccc1C2. The van der Waals surface area contributed by atoms with Crippen molar-refractivity contribution in [3.63, 3.8) is 0 Å². The largest absolute Gasteiger partial charge is 0.510 e. The predicted octanol–water partition coefficient (Wildman–Crippen LogP) is 5.41. The van der Waals surface area contributed by atoms with E-state index >= 15 is 0 Å². The van der Waals surface area contributed by atoms with Gasteiger partial charge in [-0.25, -0.2) is 4.79 Å². The Balaban J connectivity index is 0.000000206. The first-order valence-corrected chi connectivity index (χ1v) is 13.5. The van der Waals surface area contributed by atoms with Crippen molar-refractivity contribution in [3.05, 3.63) is 92.4 Å². The predicted molar refractivity (Wildman–Crippen MR) is 146 cm³/mol. The number of methoxy groups -OCH3 is 1. The number of benzene rings is 2. The summed E-state index contributed by atoms with van der Waals surface area (Å²) in [5.41, 5.74) is 5.61. The van der Waals surface area contributed by atoms with Crippen LogP contribution in [0.15, 0.2) is 64.4 Å². The number of amides is 1. The summed E-state index contributed by atoms with van der Waals surface area (Å²) in [5, 5.41) is 0.831. The minimum Gasteiger partial charge on any atom is -0.451 e. The van der Waals surface area contributed by atoms with E-state index in [4.69, 9.17) is 16.3 Å². The Morgan fingerprint density at radius 3 is 2.56 bits per heavy atom. The molecule has 2 aromatic carbocycles. The lowest BCUT2D eigenvalue weighted by atomic mass is 10.0. The molecule has 0 radical (unpaired) electrons. The van der Waals surface area contributed by atoms with Gasteiger partial charge in [0.05, 0.1) is 7.11 Å². The van der Waals surface area contributed by atoms with Gasteiger partial charge in [0.2, 0.25) is 18.0 Å². The van der Waals surface area contributed by atoms with Crippen LogP contribution in [-0.2, 0) is 21.6 Å². The number of nitrogens with one attached hydrogen (secondary N) is 1. The molecule has 14 heteroatoms. The van der Waals surface area contributed by atoms with Crippen molar-refractivity contribution < 1.29 is 37.0 Å². The Labute approximate surface area is 242 Å². The van der Waals surface area contributed by atoms with Crippen LogP contribution < -0.4 is 15.6 Å². The molecule has 0 saturated heterocycles. The van der Waals surface area contributed by atoms with Crippen LogP contribution in [0.2, 0.25) is 5.02 Å². The van der Waals surface area contributed by atoms with Gasteiger partial charge in [-0.1, -0.05) is 41.9 Å². The zero-order chi connectivity index (χ0) is 29.7. The van der Waals surface area contributed by atoms with Crippen LogP contribution in [0.5, 0.6) is 5.75 Å². The fourth-order valence-corrected chi connectivity index (χ4v) is 5.44. The third-order valence-corrected chi connectivity index (χ3v) is 7.71. The number of aromatic nitrogens is 1. The van der Waals surface area contributed by atoms with Crippen LogP contribution >= 0.6 is 23.4 Å². The van der Waals surface area contributed by atoms with Crippen LogP contribution in [0.1, 0.15) is 34.1 Å². The summed E-state index contributed by atoms with van der Waals surface area (Å²) in [7, 11) is 1.05. The highest BCUT2D eigenvalue weighted by Crippen LogP contribution is 2.35. The van der Waals surface area contributed by atoms with Crippen molar-refractivity contribution >= 4 is 35.4 Å². The molecular weight excluding hydrogens is 587 g/mol. The maximum Gasteiger partial charge on any atom is 0.510 e. The highest BCUT2D eigenvalue weighted by Gasteiger charge is 2.44. The Bertz CT molecular complexity index is 1500. The minimum absolute atomic E-state index is 0.423. The maximum atomic E-state index is 12.9. The van der Waals surface area contributed by atoms with Gasteiger partial charge in [0.15, 0.2) is 5.69 Å². The molecule has 218 valence electrons. The fraction of sp³-hybridized carbons (Fsp3) is 0.296. The van der Waals surface area contributed by atoms with Crippen LogP contribution in [0.4, 0.5) is 18.0 Å². The van der Waals surface area contributed by atoms with Crippen molar-refractivity contribution in [2.24, 2.45) is 0 Å². The lowest BCUT2D eigenvalue weighted by Crippen LogP contribution is -2.54. The topological polar surface area (TPSA) is 99.1 Å². The number of hydrogen-bond acceptors (Lipinski definition) is 8. The van der Waals surface area contributed by atoms with Gasteiger partial charge < -0.3 is 24.5 Å². The summed E-state index contributed by atoms with van der Waals surface area (Å²) in [6, 6.07) is 13.8. The molecule has 0 spiro atoms. The quantitative estimate of drug-likeness (QED) is 0.309. The molecular formula is C27H25ClF3N3O6S. The van der Waals surface area contributed by atoms with E-state index in [0.29, 0.717) is 4.90 Å². The number of hydrogen-bond donors (Lipinski definition) is 1. The van der Waals surface area contributed by atoms with E-state index in [-0.39, 0.29) is 0 Å². The number of thioether (sulfide) groups is 1. The molecule has 2 aliphatic rings. The van der Waals surface area contributed by atoms with E-state index in [1.807, 2.05) is 17.8 Å². The van der Waals surface area contributed by atoms with Gasteiger partial charge >= 0.3 is 12.3 Å². The van der Waals surface area contributed by atoms with Crippen LogP contribution in [-0.4, -0.2) is 54.4 Å². The van der Waals surface area contributed by atoms with Crippen LogP contribution in [0.3, 0.4) is 0 Å². The zero-order valence-electron chi connectivity index (χ0n) is 21.9. The monoisotopic (exact) mass is 611 g/mol. The number of alkyl halides is 3. The van der Waals surface area contributed by atoms with Crippen molar-refractivity contribution in [1.29, 1.82) is 0 Å².